The molecule has 1 heterocycles. The second-order valence-corrected chi connectivity index (χ2v) is 12.3. The van der Waals surface area contributed by atoms with Gasteiger partial charge in [0.1, 0.15) is 11.6 Å². The molecule has 0 spiro atoms. The van der Waals surface area contributed by atoms with Crippen LogP contribution in [0.3, 0.4) is 0 Å². The monoisotopic (exact) mass is 582 g/mol. The fourth-order valence-corrected chi connectivity index (χ4v) is 4.97. The Morgan fingerprint density at radius 3 is 2.43 bits per heavy atom. The Labute approximate surface area is 249 Å². The molecule has 2 amide bonds. The molecule has 1 fully saturated rings. The Bertz CT molecular complexity index is 1170. The number of nitrogens with zero attached hydrogens (tertiary/aromatic N) is 2. The molecule has 3 N–H and O–H groups in total. The Morgan fingerprint density at radius 2 is 1.81 bits per heavy atom. The van der Waals surface area contributed by atoms with E-state index in [0.29, 0.717) is 31.9 Å². The molecule has 0 radical (unpaired) electrons. The number of ether oxygens (including phenoxy) is 2. The van der Waals surface area contributed by atoms with E-state index in [4.69, 9.17) is 9.47 Å². The van der Waals surface area contributed by atoms with E-state index in [-0.39, 0.29) is 24.2 Å². The summed E-state index contributed by atoms with van der Waals surface area (Å²) in [6.45, 7) is 7.49. The van der Waals surface area contributed by atoms with E-state index in [1.165, 1.54) is 0 Å². The lowest BCUT2D eigenvalue weighted by Gasteiger charge is -2.29. The molecule has 3 rings (SSSR count). The van der Waals surface area contributed by atoms with E-state index >= 15 is 0 Å². The molecule has 230 valence electrons. The van der Waals surface area contributed by atoms with Crippen molar-refractivity contribution in [2.75, 3.05) is 33.8 Å². The van der Waals surface area contributed by atoms with Crippen LogP contribution in [0.25, 0.3) is 11.1 Å². The molecule has 0 bridgehead atoms. The third-order valence-electron chi connectivity index (χ3n) is 7.20. The normalized spacial score (nSPS) is 17.8. The maximum Gasteiger partial charge on any atom is 0.407 e. The fraction of sp³-hybridized carbons (Fsp3) is 0.562. The maximum atomic E-state index is 13.0. The summed E-state index contributed by atoms with van der Waals surface area (Å²) in [5, 5.41) is 15.4. The predicted octanol–water partition coefficient (Wildman–Crippen LogP) is 4.52. The van der Waals surface area contributed by atoms with Gasteiger partial charge in [-0.1, -0.05) is 24.3 Å². The van der Waals surface area contributed by atoms with Gasteiger partial charge < -0.3 is 30.1 Å². The maximum absolute atomic E-state index is 13.0. The van der Waals surface area contributed by atoms with Gasteiger partial charge in [0.15, 0.2) is 0 Å². The highest BCUT2D eigenvalue weighted by Gasteiger charge is 2.30. The van der Waals surface area contributed by atoms with E-state index in [0.717, 1.165) is 42.5 Å². The number of amides is 2. The minimum absolute atomic E-state index is 0.171. The van der Waals surface area contributed by atoms with Crippen LogP contribution >= 0.6 is 0 Å². The van der Waals surface area contributed by atoms with Gasteiger partial charge in [-0.2, -0.15) is 0 Å². The molecule has 1 atom stereocenters. The van der Waals surface area contributed by atoms with Crippen LogP contribution in [0.15, 0.2) is 42.6 Å². The Hall–Kier alpha value is -3.66. The summed E-state index contributed by atoms with van der Waals surface area (Å²) < 4.78 is 11.0. The first kappa shape index (κ1) is 32.8. The van der Waals surface area contributed by atoms with E-state index in [2.05, 4.69) is 20.5 Å². The van der Waals surface area contributed by atoms with Crippen LogP contribution in [-0.2, 0) is 20.7 Å². The van der Waals surface area contributed by atoms with Gasteiger partial charge in [-0.25, -0.2) is 14.6 Å². The zero-order valence-electron chi connectivity index (χ0n) is 25.5. The van der Waals surface area contributed by atoms with Gasteiger partial charge in [-0.15, -0.1) is 0 Å². The second-order valence-electron chi connectivity index (χ2n) is 12.3. The van der Waals surface area contributed by atoms with Crippen molar-refractivity contribution in [3.63, 3.8) is 0 Å². The first-order valence-electron chi connectivity index (χ1n) is 14.7. The minimum atomic E-state index is -1.07. The third-order valence-corrected chi connectivity index (χ3v) is 7.20. The lowest BCUT2D eigenvalue weighted by atomic mass is 9.81. The highest BCUT2D eigenvalue weighted by atomic mass is 16.6. The molecule has 0 saturated heterocycles. The van der Waals surface area contributed by atoms with Crippen molar-refractivity contribution in [3.05, 3.63) is 48.2 Å². The van der Waals surface area contributed by atoms with Crippen molar-refractivity contribution in [2.45, 2.75) is 70.9 Å². The molecule has 1 aromatic carbocycles. The van der Waals surface area contributed by atoms with Crippen LogP contribution in [0, 0.1) is 11.8 Å². The van der Waals surface area contributed by atoms with Crippen molar-refractivity contribution in [3.8, 4) is 17.0 Å². The number of alkyl carbamates (subject to hydrolysis) is 1. The van der Waals surface area contributed by atoms with Gasteiger partial charge >= 0.3 is 12.1 Å². The number of carboxylic acid groups (broad SMARTS) is 1. The SMILES string of the molecule is CN(C)CCCOc1ccc(-c2cccc(C[C@H](NC(=O)C3CCC(CNC(=O)OC(C)(C)C)CC3)C(=O)O)c2)cn1. The Balaban J connectivity index is 1.50. The summed E-state index contributed by atoms with van der Waals surface area (Å²) >= 11 is 0. The van der Waals surface area contributed by atoms with Crippen LogP contribution in [-0.4, -0.2) is 78.4 Å². The van der Waals surface area contributed by atoms with Crippen molar-refractivity contribution in [2.24, 2.45) is 11.8 Å². The second kappa shape index (κ2) is 15.5. The fourth-order valence-electron chi connectivity index (χ4n) is 4.97. The van der Waals surface area contributed by atoms with Gasteiger partial charge in [0, 0.05) is 43.3 Å². The molecular weight excluding hydrogens is 536 g/mol. The van der Waals surface area contributed by atoms with Crippen molar-refractivity contribution in [1.29, 1.82) is 0 Å². The summed E-state index contributed by atoms with van der Waals surface area (Å²) in [6.07, 6.45) is 5.25. The average Bonchev–Trinajstić information content (AvgIpc) is 2.93. The van der Waals surface area contributed by atoms with Gasteiger partial charge in [-0.3, -0.25) is 4.79 Å². The molecular formula is C32H46N4O6. The number of aliphatic carboxylic acids is 1. The largest absolute Gasteiger partial charge is 0.480 e. The van der Waals surface area contributed by atoms with Gasteiger partial charge in [-0.05, 0) is 90.1 Å². The molecule has 1 aliphatic rings. The minimum Gasteiger partial charge on any atom is -0.480 e. The van der Waals surface area contributed by atoms with Crippen molar-refractivity contribution >= 4 is 18.0 Å². The van der Waals surface area contributed by atoms with Gasteiger partial charge in [0.2, 0.25) is 11.8 Å². The zero-order valence-corrected chi connectivity index (χ0v) is 25.5. The summed E-state index contributed by atoms with van der Waals surface area (Å²) in [5.41, 5.74) is 2.06. The quantitative estimate of drug-likeness (QED) is 0.294. The van der Waals surface area contributed by atoms with Crippen LogP contribution in [0.1, 0.15) is 58.4 Å². The number of nitrogens with one attached hydrogen (secondary N) is 2. The van der Waals surface area contributed by atoms with E-state index in [1.807, 2.05) is 71.3 Å². The number of carbonyl (C=O) groups excluding carboxylic acids is 2. The average molecular weight is 583 g/mol. The van der Waals surface area contributed by atoms with E-state index in [9.17, 15) is 19.5 Å². The number of pyridine rings is 1. The standard InChI is InChI=1S/C32H46N4O6/c1-32(2,3)42-31(40)34-20-22-10-12-24(13-11-22)29(37)35-27(30(38)39)19-23-8-6-9-25(18-23)26-14-15-28(33-21-26)41-17-7-16-36(4)5/h6,8-9,14-15,18,21-22,24,27H,7,10-13,16-17,19-20H2,1-5H3,(H,34,40)(H,35,37)(H,38,39)/t22?,24?,27-/m0/s1. The van der Waals surface area contributed by atoms with E-state index < -0.39 is 23.7 Å². The Kier molecular flexibility index (Phi) is 12.2. The molecule has 1 saturated carbocycles. The zero-order chi connectivity index (χ0) is 30.7. The number of aromatic nitrogens is 1. The third kappa shape index (κ3) is 11.3. The Morgan fingerprint density at radius 1 is 1.07 bits per heavy atom. The van der Waals surface area contributed by atoms with Gasteiger partial charge in [0.05, 0.1) is 6.61 Å². The number of benzene rings is 1. The summed E-state index contributed by atoms with van der Waals surface area (Å²) in [5.74, 6) is -0.719. The number of hydrogen-bond donors (Lipinski definition) is 3. The first-order chi connectivity index (χ1) is 19.9. The van der Waals surface area contributed by atoms with Crippen molar-refractivity contribution < 1.29 is 29.0 Å². The smallest absolute Gasteiger partial charge is 0.407 e. The van der Waals surface area contributed by atoms with Crippen LogP contribution in [0.5, 0.6) is 5.88 Å². The van der Waals surface area contributed by atoms with Crippen LogP contribution in [0.2, 0.25) is 0 Å². The van der Waals surface area contributed by atoms with Crippen molar-refractivity contribution in [1.82, 2.24) is 20.5 Å². The summed E-state index contributed by atoms with van der Waals surface area (Å²) in [6, 6.07) is 10.4. The number of carboxylic acids is 1. The van der Waals surface area contributed by atoms with E-state index in [1.54, 1.807) is 6.20 Å². The number of hydrogen-bond acceptors (Lipinski definition) is 7. The van der Waals surface area contributed by atoms with Gasteiger partial charge in [0.25, 0.3) is 0 Å². The van der Waals surface area contributed by atoms with Crippen LogP contribution in [0.4, 0.5) is 4.79 Å². The lowest BCUT2D eigenvalue weighted by molar-refractivity contribution is -0.142. The topological polar surface area (TPSA) is 130 Å². The molecule has 42 heavy (non-hydrogen) atoms. The lowest BCUT2D eigenvalue weighted by Crippen LogP contribution is -2.46. The summed E-state index contributed by atoms with van der Waals surface area (Å²) in [7, 11) is 4.05. The highest BCUT2D eigenvalue weighted by Crippen LogP contribution is 2.29. The number of rotatable bonds is 13. The highest BCUT2D eigenvalue weighted by molar-refractivity contribution is 5.85. The van der Waals surface area contributed by atoms with Crippen LogP contribution < -0.4 is 15.4 Å². The molecule has 2 aromatic rings. The molecule has 0 aliphatic heterocycles. The first-order valence-corrected chi connectivity index (χ1v) is 14.7. The molecule has 0 unspecified atom stereocenters. The predicted molar refractivity (Wildman–Crippen MR) is 161 cm³/mol. The summed E-state index contributed by atoms with van der Waals surface area (Å²) in [4.78, 5) is 43.5. The molecule has 10 nitrogen and oxygen atoms in total. The molecule has 1 aliphatic carbocycles. The molecule has 1 aromatic heterocycles. The molecule has 10 heteroatoms. The number of carbonyl (C=O) groups is 3.